The quantitative estimate of drug-likeness (QED) is 0.852. The van der Waals surface area contributed by atoms with Crippen molar-refractivity contribution in [3.63, 3.8) is 0 Å². The number of rotatable bonds is 2. The van der Waals surface area contributed by atoms with Crippen molar-refractivity contribution in [1.29, 1.82) is 0 Å². The largest absolute Gasteiger partial charge is 0.380 e. The molecule has 1 nitrogen and oxygen atoms in total. The van der Waals surface area contributed by atoms with Crippen LogP contribution in [0.4, 0.5) is 5.69 Å². The number of halogens is 2. The molecule has 1 aliphatic heterocycles. The van der Waals surface area contributed by atoms with Crippen LogP contribution in [0.25, 0.3) is 0 Å². The van der Waals surface area contributed by atoms with E-state index < -0.39 is 0 Å². The van der Waals surface area contributed by atoms with Gasteiger partial charge in [0.2, 0.25) is 0 Å². The van der Waals surface area contributed by atoms with Crippen LogP contribution in [0.1, 0.15) is 13.3 Å². The lowest BCUT2D eigenvalue weighted by molar-refractivity contribution is 0.724. The van der Waals surface area contributed by atoms with Crippen LogP contribution in [0, 0.1) is 0 Å². The maximum atomic E-state index is 6.10. The minimum absolute atomic E-state index is 0.522. The molecule has 2 atom stereocenters. The third-order valence-corrected chi connectivity index (χ3v) is 4.52. The van der Waals surface area contributed by atoms with Crippen molar-refractivity contribution in [3.05, 3.63) is 28.2 Å². The molecule has 0 saturated carbocycles. The highest BCUT2D eigenvalue weighted by atomic mass is 35.5. The van der Waals surface area contributed by atoms with Gasteiger partial charge < -0.3 is 5.32 Å². The zero-order valence-electron chi connectivity index (χ0n) is 8.47. The van der Waals surface area contributed by atoms with E-state index in [1.807, 2.05) is 23.9 Å². The van der Waals surface area contributed by atoms with Crippen molar-refractivity contribution in [1.82, 2.24) is 0 Å². The Morgan fingerprint density at radius 2 is 2.20 bits per heavy atom. The molecule has 1 fully saturated rings. The molecular weight excluding hydrogens is 249 g/mol. The standard InChI is InChI=1S/C11H13Cl2NS/c1-7-10(4-5-15-7)14-11-3-2-8(12)6-9(11)13/h2-3,6-7,10,14H,4-5H2,1H3. The van der Waals surface area contributed by atoms with Gasteiger partial charge in [-0.1, -0.05) is 30.1 Å². The van der Waals surface area contributed by atoms with Gasteiger partial charge in [-0.25, -0.2) is 0 Å². The molecule has 82 valence electrons. The van der Waals surface area contributed by atoms with Gasteiger partial charge >= 0.3 is 0 Å². The molecule has 1 aliphatic rings. The molecule has 2 unspecified atom stereocenters. The molecule has 1 aromatic carbocycles. The number of hydrogen-bond acceptors (Lipinski definition) is 2. The second kappa shape index (κ2) is 4.86. The van der Waals surface area contributed by atoms with E-state index >= 15 is 0 Å². The number of nitrogens with one attached hydrogen (secondary N) is 1. The average molecular weight is 262 g/mol. The maximum absolute atomic E-state index is 6.10. The first-order valence-corrected chi connectivity index (χ1v) is 6.80. The van der Waals surface area contributed by atoms with E-state index in [9.17, 15) is 0 Å². The molecule has 1 N–H and O–H groups in total. The highest BCUT2D eigenvalue weighted by molar-refractivity contribution is 8.00. The molecule has 0 bridgehead atoms. The lowest BCUT2D eigenvalue weighted by Crippen LogP contribution is -2.24. The van der Waals surface area contributed by atoms with Crippen LogP contribution in [-0.2, 0) is 0 Å². The summed E-state index contributed by atoms with van der Waals surface area (Å²) in [4.78, 5) is 0. The summed E-state index contributed by atoms with van der Waals surface area (Å²) in [6, 6.07) is 6.11. The monoisotopic (exact) mass is 261 g/mol. The highest BCUT2D eigenvalue weighted by Crippen LogP contribution is 2.32. The van der Waals surface area contributed by atoms with Gasteiger partial charge in [0.05, 0.1) is 10.7 Å². The van der Waals surface area contributed by atoms with E-state index in [-0.39, 0.29) is 0 Å². The summed E-state index contributed by atoms with van der Waals surface area (Å²) in [5.74, 6) is 1.23. The predicted octanol–water partition coefficient (Wildman–Crippen LogP) is 4.30. The molecular formula is C11H13Cl2NS. The number of thioether (sulfide) groups is 1. The van der Waals surface area contributed by atoms with Gasteiger partial charge in [0, 0.05) is 16.3 Å². The van der Waals surface area contributed by atoms with E-state index in [2.05, 4.69) is 12.2 Å². The number of benzene rings is 1. The molecule has 1 heterocycles. The molecule has 0 radical (unpaired) electrons. The Balaban J connectivity index is 2.10. The van der Waals surface area contributed by atoms with Gasteiger partial charge in [0.1, 0.15) is 0 Å². The van der Waals surface area contributed by atoms with Crippen LogP contribution >= 0.6 is 35.0 Å². The molecule has 0 amide bonds. The SMILES string of the molecule is CC1SCCC1Nc1ccc(Cl)cc1Cl. The Bertz CT molecular complexity index is 356. The van der Waals surface area contributed by atoms with Crippen LogP contribution in [0.2, 0.25) is 10.0 Å². The van der Waals surface area contributed by atoms with E-state index in [1.165, 1.54) is 12.2 Å². The van der Waals surface area contributed by atoms with E-state index in [4.69, 9.17) is 23.2 Å². The molecule has 0 spiro atoms. The third kappa shape index (κ3) is 2.74. The van der Waals surface area contributed by atoms with Crippen molar-refractivity contribution in [2.75, 3.05) is 11.1 Å². The lowest BCUT2D eigenvalue weighted by atomic mass is 10.1. The number of anilines is 1. The smallest absolute Gasteiger partial charge is 0.0652 e. The van der Waals surface area contributed by atoms with Crippen molar-refractivity contribution in [2.45, 2.75) is 24.6 Å². The van der Waals surface area contributed by atoms with Crippen molar-refractivity contribution in [2.24, 2.45) is 0 Å². The Kier molecular flexibility index (Phi) is 3.70. The maximum Gasteiger partial charge on any atom is 0.0652 e. The van der Waals surface area contributed by atoms with E-state index in [1.54, 1.807) is 6.07 Å². The van der Waals surface area contributed by atoms with E-state index in [0.717, 1.165) is 5.69 Å². The lowest BCUT2D eigenvalue weighted by Gasteiger charge is -2.18. The van der Waals surface area contributed by atoms with Crippen LogP contribution in [0.3, 0.4) is 0 Å². The zero-order chi connectivity index (χ0) is 10.8. The van der Waals surface area contributed by atoms with E-state index in [0.29, 0.717) is 21.3 Å². The summed E-state index contributed by atoms with van der Waals surface area (Å²) < 4.78 is 0. The summed E-state index contributed by atoms with van der Waals surface area (Å²) in [5.41, 5.74) is 0.986. The van der Waals surface area contributed by atoms with Crippen LogP contribution in [0.5, 0.6) is 0 Å². The fourth-order valence-corrected chi connectivity index (χ4v) is 3.39. The normalized spacial score (nSPS) is 25.5. The fourth-order valence-electron chi connectivity index (χ4n) is 1.73. The second-order valence-electron chi connectivity index (χ2n) is 3.74. The summed E-state index contributed by atoms with van der Waals surface area (Å²) >= 11 is 13.9. The first-order valence-electron chi connectivity index (χ1n) is 5.00. The van der Waals surface area contributed by atoms with Crippen molar-refractivity contribution < 1.29 is 0 Å². The summed E-state index contributed by atoms with van der Waals surface area (Å²) in [5, 5.41) is 5.51. The molecule has 2 rings (SSSR count). The van der Waals surface area contributed by atoms with Gasteiger partial charge in [-0.05, 0) is 30.4 Å². The van der Waals surface area contributed by atoms with Gasteiger partial charge in [-0.15, -0.1) is 0 Å². The zero-order valence-corrected chi connectivity index (χ0v) is 10.8. The van der Waals surface area contributed by atoms with Crippen LogP contribution < -0.4 is 5.32 Å². The molecule has 1 aromatic rings. The van der Waals surface area contributed by atoms with Crippen LogP contribution in [0.15, 0.2) is 18.2 Å². The fraction of sp³-hybridized carbons (Fsp3) is 0.455. The summed E-state index contributed by atoms with van der Waals surface area (Å²) in [6.45, 7) is 2.25. The third-order valence-electron chi connectivity index (χ3n) is 2.65. The highest BCUT2D eigenvalue weighted by Gasteiger charge is 2.24. The molecule has 0 aromatic heterocycles. The molecule has 0 aliphatic carbocycles. The Morgan fingerprint density at radius 1 is 1.40 bits per heavy atom. The van der Waals surface area contributed by atoms with Crippen molar-refractivity contribution >= 4 is 40.7 Å². The Morgan fingerprint density at radius 3 is 2.80 bits per heavy atom. The first-order chi connectivity index (χ1) is 7.16. The minimum Gasteiger partial charge on any atom is -0.380 e. The Hall–Kier alpha value is -0.0500. The van der Waals surface area contributed by atoms with Crippen molar-refractivity contribution in [3.8, 4) is 0 Å². The summed E-state index contributed by atoms with van der Waals surface area (Å²) in [7, 11) is 0. The van der Waals surface area contributed by atoms with Crippen LogP contribution in [-0.4, -0.2) is 17.0 Å². The topological polar surface area (TPSA) is 12.0 Å². The molecule has 1 saturated heterocycles. The van der Waals surface area contributed by atoms with Gasteiger partial charge in [0.15, 0.2) is 0 Å². The van der Waals surface area contributed by atoms with Gasteiger partial charge in [-0.2, -0.15) is 11.8 Å². The Labute approximate surface area is 105 Å². The predicted molar refractivity (Wildman–Crippen MR) is 70.4 cm³/mol. The number of hydrogen-bond donors (Lipinski definition) is 1. The second-order valence-corrected chi connectivity index (χ2v) is 6.07. The van der Waals surface area contributed by atoms with Gasteiger partial charge in [0.25, 0.3) is 0 Å². The van der Waals surface area contributed by atoms with Gasteiger partial charge in [-0.3, -0.25) is 0 Å². The molecule has 4 heteroatoms. The summed E-state index contributed by atoms with van der Waals surface area (Å²) in [6.07, 6.45) is 1.20. The molecule has 15 heavy (non-hydrogen) atoms. The average Bonchev–Trinajstić information content (AvgIpc) is 2.57. The minimum atomic E-state index is 0.522. The first kappa shape index (κ1) is 11.4.